The van der Waals surface area contributed by atoms with Gasteiger partial charge in [-0.25, -0.2) is 8.78 Å². The fraction of sp³-hybridized carbons (Fsp3) is 0.375. The molecule has 0 bridgehead atoms. The van der Waals surface area contributed by atoms with Gasteiger partial charge in [-0.05, 0) is 31.1 Å². The summed E-state index contributed by atoms with van der Waals surface area (Å²) < 4.78 is 33.5. The van der Waals surface area contributed by atoms with Crippen molar-refractivity contribution in [3.63, 3.8) is 0 Å². The molecule has 1 unspecified atom stereocenters. The van der Waals surface area contributed by atoms with Crippen LogP contribution in [0.3, 0.4) is 0 Å². The SMILES string of the molecule is C[C@H]1OC(=O)[C@]2(Br)CC(F)(F)[C@@H](C)[C@H](/C=C/c3ccc(-c4ccccc4C#N)cn3)C12. The highest BCUT2D eigenvalue weighted by Gasteiger charge is 2.67. The van der Waals surface area contributed by atoms with E-state index in [-0.39, 0.29) is 0 Å². The number of pyridine rings is 1. The first-order valence-electron chi connectivity index (χ1n) is 10.1. The molecular weight excluding hydrogens is 466 g/mol. The Hall–Kier alpha value is -2.59. The van der Waals surface area contributed by atoms with Crippen LogP contribution in [0.2, 0.25) is 0 Å². The average Bonchev–Trinajstić information content (AvgIpc) is 2.96. The fourth-order valence-electron chi connectivity index (χ4n) is 4.74. The highest BCUT2D eigenvalue weighted by atomic mass is 79.9. The number of nitriles is 1. The zero-order chi connectivity index (χ0) is 22.4. The Bertz CT molecular complexity index is 1080. The van der Waals surface area contributed by atoms with Crippen molar-refractivity contribution in [2.24, 2.45) is 17.8 Å². The molecule has 4 nitrogen and oxygen atoms in total. The number of carbonyl (C=O) groups excluding carboxylic acids is 1. The number of hydrogen-bond donors (Lipinski definition) is 0. The van der Waals surface area contributed by atoms with E-state index in [0.717, 1.165) is 11.1 Å². The lowest BCUT2D eigenvalue weighted by Crippen LogP contribution is -2.54. The summed E-state index contributed by atoms with van der Waals surface area (Å²) in [4.78, 5) is 16.7. The summed E-state index contributed by atoms with van der Waals surface area (Å²) in [5, 5.41) is 9.28. The molecule has 1 aromatic carbocycles. The van der Waals surface area contributed by atoms with E-state index < -0.39 is 46.5 Å². The maximum absolute atomic E-state index is 14.8. The van der Waals surface area contributed by atoms with Crippen LogP contribution < -0.4 is 0 Å². The number of aromatic nitrogens is 1. The maximum atomic E-state index is 14.8. The molecule has 1 aromatic heterocycles. The number of allylic oxidation sites excluding steroid dienone is 1. The molecule has 0 amide bonds. The van der Waals surface area contributed by atoms with Crippen LogP contribution in [0.4, 0.5) is 8.78 Å². The lowest BCUT2D eigenvalue weighted by atomic mass is 9.64. The van der Waals surface area contributed by atoms with E-state index in [1.165, 1.54) is 6.92 Å². The number of halogens is 3. The highest BCUT2D eigenvalue weighted by Crippen LogP contribution is 2.58. The lowest BCUT2D eigenvalue weighted by Gasteiger charge is -2.45. The molecule has 1 saturated carbocycles. The van der Waals surface area contributed by atoms with E-state index in [2.05, 4.69) is 27.0 Å². The second-order valence-corrected chi connectivity index (χ2v) is 9.71. The Morgan fingerprint density at radius 2 is 2.00 bits per heavy atom. The number of ether oxygens (including phenoxy) is 1. The fourth-order valence-corrected chi connectivity index (χ4v) is 5.89. The number of esters is 1. The predicted molar refractivity (Wildman–Crippen MR) is 116 cm³/mol. The van der Waals surface area contributed by atoms with E-state index in [4.69, 9.17) is 4.74 Å². The van der Waals surface area contributed by atoms with Gasteiger partial charge in [0.2, 0.25) is 0 Å². The van der Waals surface area contributed by atoms with Crippen LogP contribution in [0.25, 0.3) is 17.2 Å². The largest absolute Gasteiger partial charge is 0.461 e. The quantitative estimate of drug-likeness (QED) is 0.417. The third kappa shape index (κ3) is 3.67. The van der Waals surface area contributed by atoms with Gasteiger partial charge >= 0.3 is 5.97 Å². The van der Waals surface area contributed by atoms with Gasteiger partial charge in [0.05, 0.1) is 17.3 Å². The Morgan fingerprint density at radius 1 is 1.26 bits per heavy atom. The van der Waals surface area contributed by atoms with E-state index in [1.807, 2.05) is 18.2 Å². The van der Waals surface area contributed by atoms with Gasteiger partial charge in [-0.15, -0.1) is 0 Å². The number of fused-ring (bicyclic) bond motifs is 1. The summed E-state index contributed by atoms with van der Waals surface area (Å²) in [6.07, 6.45) is 4.07. The zero-order valence-electron chi connectivity index (χ0n) is 17.1. The van der Waals surface area contributed by atoms with Crippen LogP contribution in [0.5, 0.6) is 0 Å². The van der Waals surface area contributed by atoms with E-state index >= 15 is 0 Å². The molecule has 1 aliphatic heterocycles. The van der Waals surface area contributed by atoms with Crippen molar-refractivity contribution in [1.29, 1.82) is 5.26 Å². The van der Waals surface area contributed by atoms with Gasteiger partial charge in [0.15, 0.2) is 0 Å². The molecule has 2 aliphatic rings. The minimum Gasteiger partial charge on any atom is -0.461 e. The Kier molecular flexibility index (Phi) is 5.47. The van der Waals surface area contributed by atoms with Gasteiger partial charge in [0, 0.05) is 35.6 Å². The predicted octanol–water partition coefficient (Wildman–Crippen LogP) is 5.62. The minimum atomic E-state index is -3.00. The lowest BCUT2D eigenvalue weighted by molar-refractivity contribution is -0.147. The second kappa shape index (κ2) is 7.83. The standard InChI is InChI=1S/C24H21BrF2N2O2/c1-14-19(21-15(2)31-22(30)23(21,25)13-24(14,26)27)10-9-18-8-7-17(12-29-18)20-6-4-3-5-16(20)11-28/h3-10,12,14-15,19,21H,13H2,1-2H3/b10-9+/t14-,15+,19-,21?,23-/m0/s1. The molecule has 2 heterocycles. The van der Waals surface area contributed by atoms with Crippen LogP contribution in [-0.4, -0.2) is 27.3 Å². The summed E-state index contributed by atoms with van der Waals surface area (Å²) in [5.41, 5.74) is 2.75. The molecule has 2 aromatic rings. The summed E-state index contributed by atoms with van der Waals surface area (Å²) in [5.74, 6) is -5.53. The Balaban J connectivity index is 1.62. The van der Waals surface area contributed by atoms with Crippen molar-refractivity contribution in [2.45, 2.75) is 36.6 Å². The summed E-state index contributed by atoms with van der Waals surface area (Å²) in [6, 6.07) is 13.0. The average molecular weight is 487 g/mol. The van der Waals surface area contributed by atoms with Gasteiger partial charge in [-0.1, -0.05) is 53.2 Å². The van der Waals surface area contributed by atoms with Crippen molar-refractivity contribution >= 4 is 28.0 Å². The molecule has 31 heavy (non-hydrogen) atoms. The first kappa shape index (κ1) is 21.6. The smallest absolute Gasteiger partial charge is 0.323 e. The van der Waals surface area contributed by atoms with Crippen molar-refractivity contribution in [3.05, 3.63) is 59.9 Å². The van der Waals surface area contributed by atoms with E-state index in [9.17, 15) is 18.8 Å². The third-order valence-corrected chi connectivity index (χ3v) is 7.58. The van der Waals surface area contributed by atoms with E-state index in [0.29, 0.717) is 11.3 Å². The molecule has 5 atom stereocenters. The summed E-state index contributed by atoms with van der Waals surface area (Å²) in [7, 11) is 0. The van der Waals surface area contributed by atoms with Gasteiger partial charge in [-0.3, -0.25) is 9.78 Å². The number of cyclic esters (lactones) is 1. The topological polar surface area (TPSA) is 63.0 Å². The van der Waals surface area contributed by atoms with E-state index in [1.54, 1.807) is 43.5 Å². The third-order valence-electron chi connectivity index (χ3n) is 6.45. The molecule has 2 fully saturated rings. The number of nitrogens with zero attached hydrogens (tertiary/aromatic N) is 2. The number of rotatable bonds is 3. The minimum absolute atomic E-state index is 0.396. The monoisotopic (exact) mass is 486 g/mol. The van der Waals surface area contributed by atoms with Crippen LogP contribution in [0, 0.1) is 29.1 Å². The number of carbonyl (C=O) groups is 1. The summed E-state index contributed by atoms with van der Waals surface area (Å²) in [6.45, 7) is 3.27. The molecule has 0 radical (unpaired) electrons. The van der Waals surface area contributed by atoms with Crippen molar-refractivity contribution in [1.82, 2.24) is 4.98 Å². The molecule has 0 spiro atoms. The molecule has 4 rings (SSSR count). The van der Waals surface area contributed by atoms with Gasteiger partial charge in [0.1, 0.15) is 10.4 Å². The maximum Gasteiger partial charge on any atom is 0.323 e. The van der Waals surface area contributed by atoms with Crippen LogP contribution in [0.1, 0.15) is 31.5 Å². The second-order valence-electron chi connectivity index (χ2n) is 8.29. The molecule has 160 valence electrons. The molecule has 0 N–H and O–H groups in total. The first-order chi connectivity index (χ1) is 14.7. The highest BCUT2D eigenvalue weighted by molar-refractivity contribution is 9.10. The van der Waals surface area contributed by atoms with Gasteiger partial charge in [-0.2, -0.15) is 5.26 Å². The summed E-state index contributed by atoms with van der Waals surface area (Å²) >= 11 is 3.32. The molecule has 1 aliphatic carbocycles. The van der Waals surface area contributed by atoms with Crippen LogP contribution in [-0.2, 0) is 9.53 Å². The first-order valence-corrected chi connectivity index (χ1v) is 10.9. The Labute approximate surface area is 188 Å². The van der Waals surface area contributed by atoms with Crippen LogP contribution in [0.15, 0.2) is 48.7 Å². The van der Waals surface area contributed by atoms with Crippen LogP contribution >= 0.6 is 15.9 Å². The van der Waals surface area contributed by atoms with Gasteiger partial charge < -0.3 is 4.74 Å². The molecule has 7 heteroatoms. The molecule has 1 saturated heterocycles. The number of benzene rings is 1. The number of hydrogen-bond acceptors (Lipinski definition) is 4. The zero-order valence-corrected chi connectivity index (χ0v) is 18.6. The van der Waals surface area contributed by atoms with Gasteiger partial charge in [0.25, 0.3) is 5.92 Å². The van der Waals surface area contributed by atoms with Crippen molar-refractivity contribution < 1.29 is 18.3 Å². The Morgan fingerprint density at radius 3 is 2.68 bits per heavy atom. The van der Waals surface area contributed by atoms with Crippen molar-refractivity contribution in [3.8, 4) is 17.2 Å². The molecular formula is C24H21BrF2N2O2. The normalized spacial score (nSPS) is 31.8. The van der Waals surface area contributed by atoms with Crippen molar-refractivity contribution in [2.75, 3.05) is 0 Å². The number of alkyl halides is 3.